The third-order valence-corrected chi connectivity index (χ3v) is 2.87. The van der Waals surface area contributed by atoms with Gasteiger partial charge in [-0.1, -0.05) is 19.1 Å². The van der Waals surface area contributed by atoms with Gasteiger partial charge in [-0.25, -0.2) is 4.79 Å². The number of rotatable bonds is 3. The van der Waals surface area contributed by atoms with E-state index in [9.17, 15) is 9.90 Å². The van der Waals surface area contributed by atoms with E-state index in [2.05, 4.69) is 0 Å². The molecule has 16 heavy (non-hydrogen) atoms. The number of carboxylic acid groups (broad SMARTS) is 1. The van der Waals surface area contributed by atoms with Crippen molar-refractivity contribution in [3.63, 3.8) is 0 Å². The molecule has 0 aromatic heterocycles. The lowest BCUT2D eigenvalue weighted by Crippen LogP contribution is -2.26. The molecule has 1 aromatic rings. The van der Waals surface area contributed by atoms with E-state index in [1.165, 1.54) is 0 Å². The van der Waals surface area contributed by atoms with Crippen LogP contribution in [0.1, 0.15) is 29.5 Å². The van der Waals surface area contributed by atoms with Crippen LogP contribution < -0.4 is 5.73 Å². The zero-order valence-electron chi connectivity index (χ0n) is 9.69. The number of nitrogen functional groups attached to an aromatic ring is 1. The second-order valence-electron chi connectivity index (χ2n) is 4.14. The molecule has 0 amide bonds. The summed E-state index contributed by atoms with van der Waals surface area (Å²) in [4.78, 5) is 10.7. The van der Waals surface area contributed by atoms with Gasteiger partial charge in [0, 0.05) is 11.6 Å². The molecule has 0 heterocycles. The highest BCUT2D eigenvalue weighted by atomic mass is 16.4. The smallest absolute Gasteiger partial charge is 0.333 e. The number of carboxylic acids is 1. The van der Waals surface area contributed by atoms with E-state index in [1.54, 1.807) is 6.92 Å². The van der Waals surface area contributed by atoms with Crippen molar-refractivity contribution < 1.29 is 15.0 Å². The second kappa shape index (κ2) is 4.53. The molecular weight excluding hydrogens is 206 g/mol. The van der Waals surface area contributed by atoms with Crippen molar-refractivity contribution in [2.45, 2.75) is 32.8 Å². The van der Waals surface area contributed by atoms with Crippen molar-refractivity contribution in [3.05, 3.63) is 28.8 Å². The topological polar surface area (TPSA) is 83.5 Å². The number of carbonyl (C=O) groups is 1. The average Bonchev–Trinajstić information content (AvgIpc) is 2.22. The number of hydrogen-bond donors (Lipinski definition) is 3. The molecule has 0 bridgehead atoms. The standard InChI is InChI=1S/C12H17NO3/c1-6-4-9(5-7(2)10(6)13)8(3)11(14)12(15)16/h4-5,8,11,14H,13H2,1-3H3,(H,15,16). The summed E-state index contributed by atoms with van der Waals surface area (Å²) in [6, 6.07) is 3.64. The van der Waals surface area contributed by atoms with Crippen molar-refractivity contribution in [2.75, 3.05) is 5.73 Å². The Morgan fingerprint density at radius 2 is 1.75 bits per heavy atom. The lowest BCUT2D eigenvalue weighted by molar-refractivity contribution is -0.147. The van der Waals surface area contributed by atoms with Gasteiger partial charge in [-0.2, -0.15) is 0 Å². The third-order valence-electron chi connectivity index (χ3n) is 2.87. The van der Waals surface area contributed by atoms with Crippen LogP contribution in [-0.2, 0) is 4.79 Å². The summed E-state index contributed by atoms with van der Waals surface area (Å²) in [5.74, 6) is -1.66. The predicted octanol–water partition coefficient (Wildman–Crippen LogP) is 1.43. The summed E-state index contributed by atoms with van der Waals surface area (Å²) in [7, 11) is 0. The quantitative estimate of drug-likeness (QED) is 0.677. The van der Waals surface area contributed by atoms with Gasteiger partial charge in [0.2, 0.25) is 0 Å². The van der Waals surface area contributed by atoms with E-state index < -0.39 is 18.0 Å². The van der Waals surface area contributed by atoms with Gasteiger partial charge in [0.05, 0.1) is 0 Å². The highest BCUT2D eigenvalue weighted by Gasteiger charge is 2.23. The van der Waals surface area contributed by atoms with E-state index >= 15 is 0 Å². The molecule has 0 saturated heterocycles. The number of aliphatic carboxylic acids is 1. The van der Waals surface area contributed by atoms with Gasteiger partial charge in [-0.3, -0.25) is 0 Å². The van der Waals surface area contributed by atoms with E-state index in [0.29, 0.717) is 5.69 Å². The van der Waals surface area contributed by atoms with E-state index in [0.717, 1.165) is 16.7 Å². The van der Waals surface area contributed by atoms with Crippen LogP contribution in [0.25, 0.3) is 0 Å². The summed E-state index contributed by atoms with van der Waals surface area (Å²) < 4.78 is 0. The van der Waals surface area contributed by atoms with Crippen molar-refractivity contribution >= 4 is 11.7 Å². The van der Waals surface area contributed by atoms with Gasteiger partial charge in [0.15, 0.2) is 6.10 Å². The Balaban J connectivity index is 3.10. The van der Waals surface area contributed by atoms with Gasteiger partial charge in [-0.05, 0) is 30.5 Å². The molecule has 4 N–H and O–H groups in total. The minimum Gasteiger partial charge on any atom is -0.479 e. The molecule has 4 nitrogen and oxygen atoms in total. The van der Waals surface area contributed by atoms with E-state index in [1.807, 2.05) is 26.0 Å². The minimum atomic E-state index is -1.39. The normalized spacial score (nSPS) is 14.5. The molecule has 2 unspecified atom stereocenters. The Hall–Kier alpha value is -1.55. The van der Waals surface area contributed by atoms with Crippen LogP contribution in [0.15, 0.2) is 12.1 Å². The Kier molecular flexibility index (Phi) is 3.55. The predicted molar refractivity (Wildman–Crippen MR) is 62.4 cm³/mol. The summed E-state index contributed by atoms with van der Waals surface area (Å²) in [5.41, 5.74) is 9.11. The first-order chi connectivity index (χ1) is 7.34. The minimum absolute atomic E-state index is 0.449. The molecule has 0 aliphatic rings. The number of benzene rings is 1. The molecule has 1 rings (SSSR count). The first-order valence-corrected chi connectivity index (χ1v) is 5.12. The third kappa shape index (κ3) is 2.33. The first kappa shape index (κ1) is 12.5. The highest BCUT2D eigenvalue weighted by Crippen LogP contribution is 2.26. The molecule has 2 atom stereocenters. The van der Waals surface area contributed by atoms with Crippen molar-refractivity contribution in [3.8, 4) is 0 Å². The molecular formula is C12H17NO3. The van der Waals surface area contributed by atoms with Gasteiger partial charge in [0.25, 0.3) is 0 Å². The monoisotopic (exact) mass is 223 g/mol. The second-order valence-corrected chi connectivity index (χ2v) is 4.14. The number of hydrogen-bond acceptors (Lipinski definition) is 3. The lowest BCUT2D eigenvalue weighted by atomic mass is 9.92. The number of aliphatic hydroxyl groups is 1. The average molecular weight is 223 g/mol. The molecule has 0 aliphatic heterocycles. The van der Waals surface area contributed by atoms with Crippen molar-refractivity contribution in [2.24, 2.45) is 0 Å². The summed E-state index contributed by atoms with van der Waals surface area (Å²) in [5, 5.41) is 18.2. The molecule has 4 heteroatoms. The van der Waals surface area contributed by atoms with Crippen LogP contribution in [-0.4, -0.2) is 22.3 Å². The zero-order chi connectivity index (χ0) is 12.5. The van der Waals surface area contributed by atoms with Crippen molar-refractivity contribution in [1.82, 2.24) is 0 Å². The molecule has 0 aliphatic carbocycles. The number of aliphatic hydroxyl groups excluding tert-OH is 1. The Bertz CT molecular complexity index is 392. The fourth-order valence-corrected chi connectivity index (χ4v) is 1.67. The summed E-state index contributed by atoms with van der Waals surface area (Å²) in [6.45, 7) is 5.42. The van der Waals surface area contributed by atoms with Gasteiger partial charge < -0.3 is 15.9 Å². The van der Waals surface area contributed by atoms with Crippen LogP contribution in [0.5, 0.6) is 0 Å². The van der Waals surface area contributed by atoms with Gasteiger partial charge in [0.1, 0.15) is 0 Å². The molecule has 0 fully saturated rings. The van der Waals surface area contributed by atoms with E-state index in [-0.39, 0.29) is 0 Å². The Labute approximate surface area is 94.7 Å². The van der Waals surface area contributed by atoms with Crippen molar-refractivity contribution in [1.29, 1.82) is 0 Å². The largest absolute Gasteiger partial charge is 0.479 e. The summed E-state index contributed by atoms with van der Waals surface area (Å²) in [6.07, 6.45) is -1.39. The molecule has 88 valence electrons. The fourth-order valence-electron chi connectivity index (χ4n) is 1.67. The van der Waals surface area contributed by atoms with Crippen LogP contribution in [0.3, 0.4) is 0 Å². The maximum atomic E-state index is 10.7. The number of nitrogens with two attached hydrogens (primary N) is 1. The zero-order valence-corrected chi connectivity index (χ0v) is 9.69. The fraction of sp³-hybridized carbons (Fsp3) is 0.417. The summed E-state index contributed by atoms with van der Waals surface area (Å²) >= 11 is 0. The van der Waals surface area contributed by atoms with E-state index in [4.69, 9.17) is 10.8 Å². The molecule has 0 spiro atoms. The molecule has 1 aromatic carbocycles. The number of anilines is 1. The van der Waals surface area contributed by atoms with Gasteiger partial charge >= 0.3 is 5.97 Å². The first-order valence-electron chi connectivity index (χ1n) is 5.12. The Morgan fingerprint density at radius 3 is 2.12 bits per heavy atom. The SMILES string of the molecule is Cc1cc(C(C)C(O)C(=O)O)cc(C)c1N. The molecule has 0 saturated carbocycles. The maximum Gasteiger partial charge on any atom is 0.333 e. The van der Waals surface area contributed by atoms with Crippen LogP contribution in [0.4, 0.5) is 5.69 Å². The van der Waals surface area contributed by atoms with Gasteiger partial charge in [-0.15, -0.1) is 0 Å². The Morgan fingerprint density at radius 1 is 1.31 bits per heavy atom. The van der Waals surface area contributed by atoms with Crippen LogP contribution in [0.2, 0.25) is 0 Å². The lowest BCUT2D eigenvalue weighted by Gasteiger charge is -2.17. The highest BCUT2D eigenvalue weighted by molar-refractivity contribution is 5.73. The molecule has 0 radical (unpaired) electrons. The van der Waals surface area contributed by atoms with Crippen LogP contribution in [0, 0.1) is 13.8 Å². The number of aryl methyl sites for hydroxylation is 2. The van der Waals surface area contributed by atoms with Crippen LogP contribution >= 0.6 is 0 Å². The maximum absolute atomic E-state index is 10.7.